The van der Waals surface area contributed by atoms with Gasteiger partial charge in [-0.25, -0.2) is 0 Å². The molecule has 0 bridgehead atoms. The van der Waals surface area contributed by atoms with Gasteiger partial charge in [0.2, 0.25) is 5.91 Å². The van der Waals surface area contributed by atoms with Gasteiger partial charge < -0.3 is 4.90 Å². The molecular formula is C14H23N3O3S. The molecule has 21 heavy (non-hydrogen) atoms. The molecule has 0 saturated carbocycles. The topological polar surface area (TPSA) is 60.9 Å². The minimum Gasteiger partial charge on any atom is -0.314 e. The summed E-state index contributed by atoms with van der Waals surface area (Å²) >= 11 is 0. The average molecular weight is 313 g/mol. The molecule has 1 aromatic carbocycles. The molecule has 0 aliphatic heterocycles. The number of amides is 1. The van der Waals surface area contributed by atoms with Gasteiger partial charge in [0, 0.05) is 33.9 Å². The summed E-state index contributed by atoms with van der Waals surface area (Å²) in [7, 11) is 2.32. The molecule has 1 rings (SSSR count). The largest absolute Gasteiger partial charge is 0.314 e. The van der Waals surface area contributed by atoms with Gasteiger partial charge in [0.1, 0.15) is 0 Å². The molecule has 0 N–H and O–H groups in total. The Morgan fingerprint density at radius 2 is 1.62 bits per heavy atom. The average Bonchev–Trinajstić information content (AvgIpc) is 2.40. The summed E-state index contributed by atoms with van der Waals surface area (Å²) < 4.78 is 25.9. The number of anilines is 1. The molecule has 1 amide bonds. The number of nitrogens with zero attached hydrogens (tertiary/aromatic N) is 3. The Morgan fingerprint density at radius 3 is 2.10 bits per heavy atom. The molecule has 7 heteroatoms. The number of hydrogen-bond acceptors (Lipinski definition) is 3. The summed E-state index contributed by atoms with van der Waals surface area (Å²) in [5.41, 5.74) is 2.98. The van der Waals surface area contributed by atoms with Crippen molar-refractivity contribution < 1.29 is 13.2 Å². The first-order valence-corrected chi connectivity index (χ1v) is 7.94. The zero-order valence-corrected chi connectivity index (χ0v) is 14.2. The van der Waals surface area contributed by atoms with Gasteiger partial charge in [-0.1, -0.05) is 6.07 Å². The summed E-state index contributed by atoms with van der Waals surface area (Å²) in [5.74, 6) is -0.286. The standard InChI is InChI=1S/C14H23N3O3S/c1-11-7-8-13(9-12(11)2)17(6)14(18)10-16(5)21(19,20)15(3)4/h7-9H,10H2,1-6H3. The van der Waals surface area contributed by atoms with Gasteiger partial charge in [-0.15, -0.1) is 0 Å². The van der Waals surface area contributed by atoms with Crippen molar-refractivity contribution in [2.45, 2.75) is 13.8 Å². The van der Waals surface area contributed by atoms with Crippen LogP contribution in [-0.4, -0.2) is 57.7 Å². The summed E-state index contributed by atoms with van der Waals surface area (Å²) in [6, 6.07) is 5.70. The van der Waals surface area contributed by atoms with E-state index < -0.39 is 10.2 Å². The molecule has 0 aliphatic rings. The van der Waals surface area contributed by atoms with Crippen LogP contribution in [0.25, 0.3) is 0 Å². The number of likely N-dealkylation sites (N-methyl/N-ethyl adjacent to an activating group) is 2. The van der Waals surface area contributed by atoms with Gasteiger partial charge in [0.05, 0.1) is 6.54 Å². The predicted octanol–water partition coefficient (Wildman–Crippen LogP) is 1.00. The first-order valence-electron chi connectivity index (χ1n) is 6.55. The molecule has 0 saturated heterocycles. The van der Waals surface area contributed by atoms with E-state index in [4.69, 9.17) is 0 Å². The van der Waals surface area contributed by atoms with Crippen LogP contribution >= 0.6 is 0 Å². The van der Waals surface area contributed by atoms with E-state index >= 15 is 0 Å². The lowest BCUT2D eigenvalue weighted by atomic mass is 10.1. The minimum atomic E-state index is -3.58. The SMILES string of the molecule is Cc1ccc(N(C)C(=O)CN(C)S(=O)(=O)N(C)C)cc1C. The van der Waals surface area contributed by atoms with E-state index in [9.17, 15) is 13.2 Å². The smallest absolute Gasteiger partial charge is 0.281 e. The maximum Gasteiger partial charge on any atom is 0.281 e. The maximum absolute atomic E-state index is 12.2. The zero-order valence-electron chi connectivity index (χ0n) is 13.4. The summed E-state index contributed by atoms with van der Waals surface area (Å²) in [5, 5.41) is 0. The number of rotatable bonds is 5. The molecule has 0 spiro atoms. The van der Waals surface area contributed by atoms with Crippen LogP contribution < -0.4 is 4.90 Å². The van der Waals surface area contributed by atoms with Crippen molar-refractivity contribution in [3.8, 4) is 0 Å². The number of carbonyl (C=O) groups is 1. The van der Waals surface area contributed by atoms with E-state index in [1.54, 1.807) is 7.05 Å². The maximum atomic E-state index is 12.2. The van der Waals surface area contributed by atoms with Gasteiger partial charge in [-0.05, 0) is 37.1 Å². The molecule has 0 radical (unpaired) electrons. The monoisotopic (exact) mass is 313 g/mol. The highest BCUT2D eigenvalue weighted by Crippen LogP contribution is 2.18. The zero-order chi connectivity index (χ0) is 16.4. The van der Waals surface area contributed by atoms with Crippen molar-refractivity contribution in [2.75, 3.05) is 39.6 Å². The Morgan fingerprint density at radius 1 is 1.05 bits per heavy atom. The van der Waals surface area contributed by atoms with Crippen LogP contribution in [0.2, 0.25) is 0 Å². The third kappa shape index (κ3) is 4.03. The van der Waals surface area contributed by atoms with Gasteiger partial charge >= 0.3 is 0 Å². The van der Waals surface area contributed by atoms with E-state index in [1.165, 1.54) is 26.0 Å². The lowest BCUT2D eigenvalue weighted by Gasteiger charge is -2.24. The fourth-order valence-electron chi connectivity index (χ4n) is 1.74. The van der Waals surface area contributed by atoms with Crippen LogP contribution in [0.5, 0.6) is 0 Å². The van der Waals surface area contributed by atoms with Crippen molar-refractivity contribution in [1.82, 2.24) is 8.61 Å². The third-order valence-corrected chi connectivity index (χ3v) is 5.30. The lowest BCUT2D eigenvalue weighted by molar-refractivity contribution is -0.118. The molecule has 1 aromatic rings. The molecule has 6 nitrogen and oxygen atoms in total. The second kappa shape index (κ2) is 6.55. The van der Waals surface area contributed by atoms with E-state index in [-0.39, 0.29) is 12.5 Å². The van der Waals surface area contributed by atoms with E-state index in [0.29, 0.717) is 0 Å². The third-order valence-electron chi connectivity index (χ3n) is 3.47. The Kier molecular flexibility index (Phi) is 5.49. The van der Waals surface area contributed by atoms with E-state index in [1.807, 2.05) is 32.0 Å². The highest BCUT2D eigenvalue weighted by molar-refractivity contribution is 7.86. The van der Waals surface area contributed by atoms with Crippen molar-refractivity contribution in [1.29, 1.82) is 0 Å². The van der Waals surface area contributed by atoms with Gasteiger partial charge in [0.25, 0.3) is 10.2 Å². The first kappa shape index (κ1) is 17.6. The highest BCUT2D eigenvalue weighted by atomic mass is 32.2. The van der Waals surface area contributed by atoms with Crippen LogP contribution in [0.15, 0.2) is 18.2 Å². The highest BCUT2D eigenvalue weighted by Gasteiger charge is 2.24. The van der Waals surface area contributed by atoms with Crippen LogP contribution in [0.1, 0.15) is 11.1 Å². The van der Waals surface area contributed by atoms with Crippen molar-refractivity contribution >= 4 is 21.8 Å². The number of aryl methyl sites for hydroxylation is 2. The quantitative estimate of drug-likeness (QED) is 0.815. The number of hydrogen-bond donors (Lipinski definition) is 0. The molecule has 0 unspecified atom stereocenters. The summed E-state index contributed by atoms with van der Waals surface area (Å²) in [4.78, 5) is 13.7. The van der Waals surface area contributed by atoms with Crippen LogP contribution in [-0.2, 0) is 15.0 Å². The number of benzene rings is 1. The Balaban J connectivity index is 2.86. The lowest BCUT2D eigenvalue weighted by Crippen LogP contribution is -2.43. The summed E-state index contributed by atoms with van der Waals surface area (Å²) in [6.07, 6.45) is 0. The van der Waals surface area contributed by atoms with Crippen molar-refractivity contribution in [2.24, 2.45) is 0 Å². The normalized spacial score (nSPS) is 12.0. The Bertz CT molecular complexity index is 626. The fraction of sp³-hybridized carbons (Fsp3) is 0.500. The Labute approximate surface area is 127 Å². The van der Waals surface area contributed by atoms with Crippen LogP contribution in [0.4, 0.5) is 5.69 Å². The number of carbonyl (C=O) groups excluding carboxylic acids is 1. The molecule has 0 atom stereocenters. The second-order valence-corrected chi connectivity index (χ2v) is 7.52. The summed E-state index contributed by atoms with van der Waals surface area (Å²) in [6.45, 7) is 3.77. The molecule has 0 heterocycles. The van der Waals surface area contributed by atoms with E-state index in [2.05, 4.69) is 0 Å². The Hall–Kier alpha value is -1.44. The van der Waals surface area contributed by atoms with Crippen molar-refractivity contribution in [3.63, 3.8) is 0 Å². The molecule has 0 aliphatic carbocycles. The fourth-order valence-corrected chi connectivity index (χ4v) is 2.57. The van der Waals surface area contributed by atoms with Gasteiger partial charge in [0.15, 0.2) is 0 Å². The molecular weight excluding hydrogens is 290 g/mol. The van der Waals surface area contributed by atoms with Crippen molar-refractivity contribution in [3.05, 3.63) is 29.3 Å². The van der Waals surface area contributed by atoms with Gasteiger partial charge in [-0.3, -0.25) is 4.79 Å². The molecule has 0 fully saturated rings. The predicted molar refractivity (Wildman–Crippen MR) is 84.6 cm³/mol. The minimum absolute atomic E-state index is 0.204. The van der Waals surface area contributed by atoms with Gasteiger partial charge in [-0.2, -0.15) is 17.0 Å². The molecule has 0 aromatic heterocycles. The second-order valence-electron chi connectivity index (χ2n) is 5.27. The van der Waals surface area contributed by atoms with Crippen LogP contribution in [0, 0.1) is 13.8 Å². The molecule has 118 valence electrons. The van der Waals surface area contributed by atoms with E-state index in [0.717, 1.165) is 25.4 Å². The first-order chi connectivity index (χ1) is 9.57. The van der Waals surface area contributed by atoms with Crippen LogP contribution in [0.3, 0.4) is 0 Å².